The van der Waals surface area contributed by atoms with Crippen LogP contribution in [-0.2, 0) is 4.79 Å². The highest BCUT2D eigenvalue weighted by Gasteiger charge is 2.24. The standard InChI is InChI=1S/C14H23N3O4/c1-8(12-9(2)17-21-10(12)3)15-13(20)16-14(4,5)7-6-11(18)19/h8H,6-7H2,1-5H3,(H,18,19)(H2,15,16,20). The van der Waals surface area contributed by atoms with Gasteiger partial charge in [-0.1, -0.05) is 5.16 Å². The van der Waals surface area contributed by atoms with Crippen LogP contribution >= 0.6 is 0 Å². The van der Waals surface area contributed by atoms with Gasteiger partial charge in [0.1, 0.15) is 5.76 Å². The van der Waals surface area contributed by atoms with Crippen LogP contribution in [0, 0.1) is 13.8 Å². The summed E-state index contributed by atoms with van der Waals surface area (Å²) >= 11 is 0. The lowest BCUT2D eigenvalue weighted by Crippen LogP contribution is -2.49. The van der Waals surface area contributed by atoms with Gasteiger partial charge in [0.25, 0.3) is 0 Å². The molecule has 118 valence electrons. The Labute approximate surface area is 124 Å². The first-order chi connectivity index (χ1) is 9.62. The smallest absolute Gasteiger partial charge is 0.315 e. The largest absolute Gasteiger partial charge is 0.481 e. The number of carboxylic acids is 1. The van der Waals surface area contributed by atoms with Gasteiger partial charge in [0.05, 0.1) is 11.7 Å². The number of aromatic nitrogens is 1. The lowest BCUT2D eigenvalue weighted by atomic mass is 9.99. The minimum absolute atomic E-state index is 0.00665. The predicted molar refractivity (Wildman–Crippen MR) is 77.0 cm³/mol. The summed E-state index contributed by atoms with van der Waals surface area (Å²) in [5.74, 6) is -0.209. The second-order valence-corrected chi connectivity index (χ2v) is 5.84. The van der Waals surface area contributed by atoms with E-state index in [1.807, 2.05) is 13.8 Å². The van der Waals surface area contributed by atoms with Crippen LogP contribution in [0.25, 0.3) is 0 Å². The summed E-state index contributed by atoms with van der Waals surface area (Å²) in [5, 5.41) is 18.1. The fourth-order valence-electron chi connectivity index (χ4n) is 2.20. The molecule has 0 aliphatic carbocycles. The molecule has 1 heterocycles. The van der Waals surface area contributed by atoms with Crippen molar-refractivity contribution in [2.75, 3.05) is 0 Å². The highest BCUT2D eigenvalue weighted by atomic mass is 16.5. The number of rotatable bonds is 6. The summed E-state index contributed by atoms with van der Waals surface area (Å²) in [7, 11) is 0. The summed E-state index contributed by atoms with van der Waals surface area (Å²) in [6.45, 7) is 9.03. The Kier molecular flexibility index (Phi) is 5.34. The van der Waals surface area contributed by atoms with E-state index in [2.05, 4.69) is 15.8 Å². The first kappa shape index (κ1) is 17.0. The van der Waals surface area contributed by atoms with Gasteiger partial charge in [-0.15, -0.1) is 0 Å². The Bertz CT molecular complexity index is 503. The van der Waals surface area contributed by atoms with Crippen LogP contribution in [0.1, 0.15) is 56.7 Å². The van der Waals surface area contributed by atoms with E-state index in [1.54, 1.807) is 20.8 Å². The number of amides is 2. The number of nitrogens with one attached hydrogen (secondary N) is 2. The highest BCUT2D eigenvalue weighted by Crippen LogP contribution is 2.21. The summed E-state index contributed by atoms with van der Waals surface area (Å²) in [6, 6.07) is -0.593. The normalized spacial score (nSPS) is 12.8. The Balaban J connectivity index is 2.59. The van der Waals surface area contributed by atoms with Crippen molar-refractivity contribution in [3.8, 4) is 0 Å². The predicted octanol–water partition coefficient (Wildman–Crippen LogP) is 2.30. The number of aliphatic carboxylic acids is 1. The lowest BCUT2D eigenvalue weighted by molar-refractivity contribution is -0.137. The highest BCUT2D eigenvalue weighted by molar-refractivity contribution is 5.75. The third kappa shape index (κ3) is 5.09. The van der Waals surface area contributed by atoms with Gasteiger partial charge in [0.2, 0.25) is 0 Å². The number of aryl methyl sites for hydroxylation is 2. The van der Waals surface area contributed by atoms with Crippen LogP contribution in [0.4, 0.5) is 4.79 Å². The van der Waals surface area contributed by atoms with E-state index in [0.29, 0.717) is 12.2 Å². The number of carboxylic acid groups (broad SMARTS) is 1. The topological polar surface area (TPSA) is 104 Å². The molecule has 7 nitrogen and oxygen atoms in total. The van der Waals surface area contributed by atoms with E-state index in [1.165, 1.54) is 0 Å². The molecule has 3 N–H and O–H groups in total. The zero-order valence-electron chi connectivity index (χ0n) is 13.1. The fourth-order valence-corrected chi connectivity index (χ4v) is 2.20. The number of carbonyl (C=O) groups is 2. The van der Waals surface area contributed by atoms with Crippen molar-refractivity contribution in [1.82, 2.24) is 15.8 Å². The molecule has 1 unspecified atom stereocenters. The van der Waals surface area contributed by atoms with Crippen LogP contribution in [0.2, 0.25) is 0 Å². The van der Waals surface area contributed by atoms with Crippen molar-refractivity contribution in [1.29, 1.82) is 0 Å². The molecule has 21 heavy (non-hydrogen) atoms. The average molecular weight is 297 g/mol. The van der Waals surface area contributed by atoms with Gasteiger partial charge in [0.15, 0.2) is 0 Å². The molecule has 0 aliphatic heterocycles. The molecule has 0 saturated heterocycles. The second kappa shape index (κ2) is 6.60. The molecule has 1 aromatic heterocycles. The van der Waals surface area contributed by atoms with E-state index in [-0.39, 0.29) is 18.5 Å². The number of carbonyl (C=O) groups excluding carboxylic acids is 1. The average Bonchev–Trinajstić information content (AvgIpc) is 2.65. The quantitative estimate of drug-likeness (QED) is 0.747. The number of nitrogens with zero attached hydrogens (tertiary/aromatic N) is 1. The summed E-state index contributed by atoms with van der Waals surface area (Å²) < 4.78 is 5.08. The van der Waals surface area contributed by atoms with Crippen LogP contribution < -0.4 is 10.6 Å². The monoisotopic (exact) mass is 297 g/mol. The van der Waals surface area contributed by atoms with Gasteiger partial charge in [-0.05, 0) is 41.0 Å². The van der Waals surface area contributed by atoms with Gasteiger partial charge in [-0.25, -0.2) is 4.79 Å². The molecule has 1 atom stereocenters. The van der Waals surface area contributed by atoms with E-state index in [9.17, 15) is 9.59 Å². The molecule has 0 bridgehead atoms. The van der Waals surface area contributed by atoms with Gasteiger partial charge in [0, 0.05) is 17.5 Å². The Hall–Kier alpha value is -2.05. The van der Waals surface area contributed by atoms with Crippen molar-refractivity contribution in [3.05, 3.63) is 17.0 Å². The van der Waals surface area contributed by atoms with E-state index >= 15 is 0 Å². The molecule has 0 aromatic carbocycles. The van der Waals surface area contributed by atoms with Crippen LogP contribution in [0.15, 0.2) is 4.52 Å². The summed E-state index contributed by atoms with van der Waals surface area (Å²) in [5.41, 5.74) is 1.000. The van der Waals surface area contributed by atoms with Crippen LogP contribution in [0.5, 0.6) is 0 Å². The molecule has 1 aromatic rings. The molecule has 7 heteroatoms. The Morgan fingerprint density at radius 1 is 1.38 bits per heavy atom. The second-order valence-electron chi connectivity index (χ2n) is 5.84. The molecule has 0 saturated carbocycles. The van der Waals surface area contributed by atoms with Gasteiger partial charge >= 0.3 is 12.0 Å². The van der Waals surface area contributed by atoms with E-state index in [0.717, 1.165) is 11.3 Å². The van der Waals surface area contributed by atoms with Crippen molar-refractivity contribution in [2.24, 2.45) is 0 Å². The van der Waals surface area contributed by atoms with Crippen LogP contribution in [0.3, 0.4) is 0 Å². The molecule has 0 spiro atoms. The molecule has 2 amide bonds. The van der Waals surface area contributed by atoms with Crippen molar-refractivity contribution < 1.29 is 19.2 Å². The molecular weight excluding hydrogens is 274 g/mol. The first-order valence-electron chi connectivity index (χ1n) is 6.85. The Morgan fingerprint density at radius 3 is 2.48 bits per heavy atom. The van der Waals surface area contributed by atoms with Crippen molar-refractivity contribution in [3.63, 3.8) is 0 Å². The molecule has 0 radical (unpaired) electrons. The fraction of sp³-hybridized carbons (Fsp3) is 0.643. The third-order valence-electron chi connectivity index (χ3n) is 3.28. The molecule has 0 aliphatic rings. The van der Waals surface area contributed by atoms with Crippen molar-refractivity contribution >= 4 is 12.0 Å². The minimum atomic E-state index is -0.880. The number of urea groups is 1. The van der Waals surface area contributed by atoms with Crippen molar-refractivity contribution in [2.45, 2.75) is 59.0 Å². The van der Waals surface area contributed by atoms with Gasteiger partial charge < -0.3 is 20.3 Å². The summed E-state index contributed by atoms with van der Waals surface area (Å²) in [4.78, 5) is 22.6. The summed E-state index contributed by atoms with van der Waals surface area (Å²) in [6.07, 6.45) is 0.363. The SMILES string of the molecule is Cc1noc(C)c1C(C)NC(=O)NC(C)(C)CCC(=O)O. The molecule has 0 fully saturated rings. The van der Waals surface area contributed by atoms with Gasteiger partial charge in [-0.2, -0.15) is 0 Å². The number of hydrogen-bond donors (Lipinski definition) is 3. The Morgan fingerprint density at radius 2 is 2.00 bits per heavy atom. The zero-order valence-corrected chi connectivity index (χ0v) is 13.1. The molecular formula is C14H23N3O4. The first-order valence-corrected chi connectivity index (χ1v) is 6.85. The van der Waals surface area contributed by atoms with E-state index in [4.69, 9.17) is 9.63 Å². The van der Waals surface area contributed by atoms with Gasteiger partial charge in [-0.3, -0.25) is 4.79 Å². The molecule has 1 rings (SSSR count). The third-order valence-corrected chi connectivity index (χ3v) is 3.28. The maximum atomic E-state index is 12.0. The minimum Gasteiger partial charge on any atom is -0.481 e. The maximum absolute atomic E-state index is 12.0. The maximum Gasteiger partial charge on any atom is 0.315 e. The zero-order chi connectivity index (χ0) is 16.2. The van der Waals surface area contributed by atoms with E-state index < -0.39 is 11.5 Å². The lowest BCUT2D eigenvalue weighted by Gasteiger charge is -2.27. The number of hydrogen-bond acceptors (Lipinski definition) is 4. The van der Waals surface area contributed by atoms with Crippen LogP contribution in [-0.4, -0.2) is 27.8 Å².